The van der Waals surface area contributed by atoms with Gasteiger partial charge in [0.05, 0.1) is 22.2 Å². The number of halogens is 4. The number of hydrogen-bond donors (Lipinski definition) is 0. The Hall–Kier alpha value is -2.19. The Kier molecular flexibility index (Phi) is 3.86. The predicted molar refractivity (Wildman–Crippen MR) is 67.7 cm³/mol. The van der Waals surface area contributed by atoms with Crippen molar-refractivity contribution < 1.29 is 17.9 Å². The number of para-hydroxylation sites is 1. The molecular weight excluding hydrogens is 291 g/mol. The van der Waals surface area contributed by atoms with Crippen molar-refractivity contribution >= 4 is 11.6 Å². The zero-order valence-electron chi connectivity index (χ0n) is 9.91. The van der Waals surface area contributed by atoms with Crippen molar-refractivity contribution in [1.29, 1.82) is 5.26 Å². The maximum atomic E-state index is 12.6. The minimum absolute atomic E-state index is 0.114. The first kappa shape index (κ1) is 14.2. The van der Waals surface area contributed by atoms with E-state index in [1.807, 2.05) is 0 Å². The van der Waals surface area contributed by atoms with Crippen molar-refractivity contribution in [1.82, 2.24) is 0 Å². The second kappa shape index (κ2) is 5.43. The lowest BCUT2D eigenvalue weighted by Gasteiger charge is -2.11. The Morgan fingerprint density at radius 1 is 1.10 bits per heavy atom. The number of rotatable bonds is 2. The molecule has 0 aliphatic rings. The van der Waals surface area contributed by atoms with Crippen molar-refractivity contribution in [3.05, 3.63) is 58.6 Å². The molecule has 6 heteroatoms. The largest absolute Gasteiger partial charge is 0.456 e. The fourth-order valence-corrected chi connectivity index (χ4v) is 1.76. The summed E-state index contributed by atoms with van der Waals surface area (Å²) >= 11 is 5.88. The molecule has 2 rings (SSSR count). The summed E-state index contributed by atoms with van der Waals surface area (Å²) in [5.41, 5.74) is -1.49. The first-order chi connectivity index (χ1) is 9.41. The van der Waals surface area contributed by atoms with Crippen LogP contribution < -0.4 is 4.74 Å². The number of ether oxygens (including phenoxy) is 1. The maximum Gasteiger partial charge on any atom is 0.417 e. The number of nitriles is 1. The molecule has 0 atom stereocenters. The van der Waals surface area contributed by atoms with Crippen LogP contribution in [-0.2, 0) is 6.18 Å². The van der Waals surface area contributed by atoms with Crippen LogP contribution in [0.4, 0.5) is 13.2 Å². The van der Waals surface area contributed by atoms with E-state index < -0.39 is 17.3 Å². The van der Waals surface area contributed by atoms with Gasteiger partial charge < -0.3 is 4.74 Å². The Labute approximate surface area is 118 Å². The summed E-state index contributed by atoms with van der Waals surface area (Å²) in [6.45, 7) is 0. The second-order valence-corrected chi connectivity index (χ2v) is 4.26. The van der Waals surface area contributed by atoms with Crippen LogP contribution in [0.5, 0.6) is 11.5 Å². The highest BCUT2D eigenvalue weighted by Gasteiger charge is 2.33. The minimum atomic E-state index is -4.58. The third kappa shape index (κ3) is 3.03. The minimum Gasteiger partial charge on any atom is -0.456 e. The summed E-state index contributed by atoms with van der Waals surface area (Å²) in [7, 11) is 0. The molecule has 2 aromatic rings. The normalized spacial score (nSPS) is 10.9. The van der Waals surface area contributed by atoms with Gasteiger partial charge in [-0.05, 0) is 30.3 Å². The van der Waals surface area contributed by atoms with Crippen LogP contribution in [0.1, 0.15) is 11.1 Å². The lowest BCUT2D eigenvalue weighted by atomic mass is 10.1. The Morgan fingerprint density at radius 2 is 1.80 bits per heavy atom. The summed E-state index contributed by atoms with van der Waals surface area (Å²) in [6.07, 6.45) is -4.58. The van der Waals surface area contributed by atoms with E-state index in [1.54, 1.807) is 24.3 Å². The van der Waals surface area contributed by atoms with Gasteiger partial charge in [-0.15, -0.1) is 0 Å². The second-order valence-electron chi connectivity index (χ2n) is 3.85. The van der Waals surface area contributed by atoms with Crippen molar-refractivity contribution in [3.8, 4) is 17.6 Å². The summed E-state index contributed by atoms with van der Waals surface area (Å²) in [5.74, 6) is 0.417. The highest BCUT2D eigenvalue weighted by Crippen LogP contribution is 2.35. The molecule has 20 heavy (non-hydrogen) atoms. The quantitative estimate of drug-likeness (QED) is 0.779. The molecule has 0 saturated carbocycles. The predicted octanol–water partition coefficient (Wildman–Crippen LogP) is 5.02. The van der Waals surface area contributed by atoms with Gasteiger partial charge in [0, 0.05) is 0 Å². The molecule has 2 nitrogen and oxygen atoms in total. The number of benzene rings is 2. The lowest BCUT2D eigenvalue weighted by Crippen LogP contribution is -2.07. The standard InChI is InChI=1S/C14H7ClF3NO/c15-12-3-1-2-4-13(12)20-10-5-6-11(14(16,17)18)9(7-10)8-19/h1-7H. The first-order valence-electron chi connectivity index (χ1n) is 5.45. The van der Waals surface area contributed by atoms with E-state index in [2.05, 4.69) is 0 Å². The molecule has 0 spiro atoms. The van der Waals surface area contributed by atoms with Crippen LogP contribution in [0, 0.1) is 11.3 Å². The highest BCUT2D eigenvalue weighted by atomic mass is 35.5. The molecule has 0 N–H and O–H groups in total. The highest BCUT2D eigenvalue weighted by molar-refractivity contribution is 6.32. The fourth-order valence-electron chi connectivity index (χ4n) is 1.58. The van der Waals surface area contributed by atoms with Gasteiger partial charge in [-0.3, -0.25) is 0 Å². The molecule has 102 valence electrons. The van der Waals surface area contributed by atoms with Crippen molar-refractivity contribution in [2.75, 3.05) is 0 Å². The average molecular weight is 298 g/mol. The molecule has 0 aliphatic heterocycles. The number of alkyl halides is 3. The molecule has 0 amide bonds. The SMILES string of the molecule is N#Cc1cc(Oc2ccccc2Cl)ccc1C(F)(F)F. The Morgan fingerprint density at radius 3 is 2.40 bits per heavy atom. The van der Waals surface area contributed by atoms with E-state index in [4.69, 9.17) is 21.6 Å². The number of hydrogen-bond acceptors (Lipinski definition) is 2. The molecular formula is C14H7ClF3NO. The van der Waals surface area contributed by atoms with Gasteiger partial charge in [0.1, 0.15) is 11.5 Å². The molecule has 2 aromatic carbocycles. The molecule has 0 bridgehead atoms. The van der Waals surface area contributed by atoms with Crippen LogP contribution in [0.2, 0.25) is 5.02 Å². The molecule has 0 unspecified atom stereocenters. The van der Waals surface area contributed by atoms with Crippen molar-refractivity contribution in [3.63, 3.8) is 0 Å². The van der Waals surface area contributed by atoms with Gasteiger partial charge in [0.2, 0.25) is 0 Å². The van der Waals surface area contributed by atoms with Crippen LogP contribution in [-0.4, -0.2) is 0 Å². The Bertz CT molecular complexity index is 677. The maximum absolute atomic E-state index is 12.6. The zero-order chi connectivity index (χ0) is 14.8. The van der Waals surface area contributed by atoms with E-state index >= 15 is 0 Å². The van der Waals surface area contributed by atoms with Crippen LogP contribution in [0.3, 0.4) is 0 Å². The Balaban J connectivity index is 2.37. The van der Waals surface area contributed by atoms with Gasteiger partial charge in [-0.2, -0.15) is 18.4 Å². The van der Waals surface area contributed by atoms with E-state index in [-0.39, 0.29) is 5.75 Å². The molecule has 0 aliphatic carbocycles. The number of nitrogens with zero attached hydrogens (tertiary/aromatic N) is 1. The van der Waals surface area contributed by atoms with Crippen molar-refractivity contribution in [2.24, 2.45) is 0 Å². The van der Waals surface area contributed by atoms with E-state index in [9.17, 15) is 13.2 Å². The van der Waals surface area contributed by atoms with Gasteiger partial charge in [0.25, 0.3) is 0 Å². The third-order valence-corrected chi connectivity index (χ3v) is 2.79. The summed E-state index contributed by atoms with van der Waals surface area (Å²) < 4.78 is 43.3. The van der Waals surface area contributed by atoms with E-state index in [1.165, 1.54) is 6.07 Å². The molecule has 0 radical (unpaired) electrons. The molecule has 0 aromatic heterocycles. The van der Waals surface area contributed by atoms with Crippen LogP contribution >= 0.6 is 11.6 Å². The smallest absolute Gasteiger partial charge is 0.417 e. The average Bonchev–Trinajstić information content (AvgIpc) is 2.40. The first-order valence-corrected chi connectivity index (χ1v) is 5.83. The summed E-state index contributed by atoms with van der Waals surface area (Å²) in [5, 5.41) is 9.12. The van der Waals surface area contributed by atoms with Gasteiger partial charge in [-0.1, -0.05) is 23.7 Å². The van der Waals surface area contributed by atoms with Crippen LogP contribution in [0.15, 0.2) is 42.5 Å². The van der Waals surface area contributed by atoms with Crippen molar-refractivity contribution in [2.45, 2.75) is 6.18 Å². The molecule has 0 fully saturated rings. The van der Waals surface area contributed by atoms with E-state index in [0.717, 1.165) is 18.2 Å². The van der Waals surface area contributed by atoms with Gasteiger partial charge >= 0.3 is 6.18 Å². The van der Waals surface area contributed by atoms with Gasteiger partial charge in [0.15, 0.2) is 0 Å². The fraction of sp³-hybridized carbons (Fsp3) is 0.0714. The summed E-state index contributed by atoms with van der Waals surface area (Å²) in [4.78, 5) is 0. The van der Waals surface area contributed by atoms with E-state index in [0.29, 0.717) is 10.8 Å². The summed E-state index contributed by atoms with van der Waals surface area (Å²) in [6, 6.07) is 11.0. The molecule has 0 heterocycles. The third-order valence-electron chi connectivity index (χ3n) is 2.48. The zero-order valence-corrected chi connectivity index (χ0v) is 10.7. The molecule has 0 saturated heterocycles. The topological polar surface area (TPSA) is 33.0 Å². The lowest BCUT2D eigenvalue weighted by molar-refractivity contribution is -0.137. The van der Waals surface area contributed by atoms with Gasteiger partial charge in [-0.25, -0.2) is 0 Å². The monoisotopic (exact) mass is 297 g/mol. The van der Waals surface area contributed by atoms with Crippen LogP contribution in [0.25, 0.3) is 0 Å².